The van der Waals surface area contributed by atoms with Crippen molar-refractivity contribution in [3.05, 3.63) is 18.0 Å². The maximum atomic E-state index is 12.1. The summed E-state index contributed by atoms with van der Waals surface area (Å²) in [6.07, 6.45) is 1.82. The molecule has 0 spiro atoms. The summed E-state index contributed by atoms with van der Waals surface area (Å²) in [5.74, 6) is -0.975. The summed E-state index contributed by atoms with van der Waals surface area (Å²) in [6.45, 7) is 7.54. The predicted octanol–water partition coefficient (Wildman–Crippen LogP) is 1.82. The Morgan fingerprint density at radius 2 is 2.06 bits per heavy atom. The molecule has 0 amide bonds. The third kappa shape index (κ3) is 3.66. The fraction of sp³-hybridized carbons (Fsp3) is 0.667. The first-order chi connectivity index (χ1) is 8.32. The molecule has 102 valence electrons. The van der Waals surface area contributed by atoms with Gasteiger partial charge in [-0.2, -0.15) is 5.10 Å². The van der Waals surface area contributed by atoms with E-state index in [0.29, 0.717) is 5.69 Å². The first-order valence-electron chi connectivity index (χ1n) is 5.97. The zero-order chi connectivity index (χ0) is 13.9. The minimum absolute atomic E-state index is 0.157. The third-order valence-electron chi connectivity index (χ3n) is 2.61. The summed E-state index contributed by atoms with van der Waals surface area (Å²) in [5, 5.41) is 12.5. The van der Waals surface area contributed by atoms with Crippen LogP contribution in [-0.2, 0) is 21.3 Å². The van der Waals surface area contributed by atoms with Gasteiger partial charge in [0.25, 0.3) is 0 Å². The normalized spacial score (nSPS) is 15.0. The van der Waals surface area contributed by atoms with Crippen LogP contribution in [-0.4, -0.2) is 30.3 Å². The van der Waals surface area contributed by atoms with Crippen molar-refractivity contribution >= 4 is 16.8 Å². The highest BCUT2D eigenvalue weighted by atomic mass is 32.2. The molecule has 18 heavy (non-hydrogen) atoms. The lowest BCUT2D eigenvalue weighted by Crippen LogP contribution is -2.31. The van der Waals surface area contributed by atoms with Gasteiger partial charge < -0.3 is 5.11 Å². The second-order valence-corrected chi connectivity index (χ2v) is 6.47. The van der Waals surface area contributed by atoms with Crippen molar-refractivity contribution in [2.75, 3.05) is 0 Å². The van der Waals surface area contributed by atoms with E-state index in [1.807, 2.05) is 20.0 Å². The molecule has 5 nitrogen and oxygen atoms in total. The molecule has 1 aromatic heterocycles. The van der Waals surface area contributed by atoms with Crippen LogP contribution >= 0.6 is 0 Å². The Balaban J connectivity index is 2.76. The van der Waals surface area contributed by atoms with Gasteiger partial charge in [-0.05, 0) is 25.8 Å². The van der Waals surface area contributed by atoms with Crippen LogP contribution in [0.3, 0.4) is 0 Å². The summed E-state index contributed by atoms with van der Waals surface area (Å²) in [5.41, 5.74) is 0.675. The van der Waals surface area contributed by atoms with Crippen LogP contribution in [0.4, 0.5) is 0 Å². The highest BCUT2D eigenvalue weighted by Crippen LogP contribution is 2.14. The third-order valence-corrected chi connectivity index (χ3v) is 4.51. The van der Waals surface area contributed by atoms with Crippen molar-refractivity contribution in [3.63, 3.8) is 0 Å². The van der Waals surface area contributed by atoms with Crippen LogP contribution in [0.25, 0.3) is 0 Å². The van der Waals surface area contributed by atoms with E-state index in [2.05, 4.69) is 5.10 Å². The average molecular weight is 272 g/mol. The Labute approximate surface area is 110 Å². The number of nitrogens with zero attached hydrogens (tertiary/aromatic N) is 2. The lowest BCUT2D eigenvalue weighted by Gasteiger charge is -2.14. The number of rotatable bonds is 6. The SMILES string of the molecule is CC(C)C(C(=O)O)S(=O)Cc1ccn(C(C)C)n1. The first kappa shape index (κ1) is 14.9. The lowest BCUT2D eigenvalue weighted by atomic mass is 10.1. The summed E-state index contributed by atoms with van der Waals surface area (Å²) in [6, 6.07) is 2.03. The van der Waals surface area contributed by atoms with Crippen LogP contribution in [0.1, 0.15) is 39.4 Å². The maximum Gasteiger partial charge on any atom is 0.319 e. The van der Waals surface area contributed by atoms with Gasteiger partial charge in [-0.25, -0.2) is 0 Å². The van der Waals surface area contributed by atoms with Gasteiger partial charge in [0, 0.05) is 23.0 Å². The molecule has 1 aromatic rings. The molecule has 0 radical (unpaired) electrons. The molecule has 1 N–H and O–H groups in total. The molecular formula is C12H20N2O3S. The molecule has 0 saturated heterocycles. The van der Waals surface area contributed by atoms with E-state index in [9.17, 15) is 9.00 Å². The molecule has 1 heterocycles. The Kier molecular flexibility index (Phi) is 5.07. The van der Waals surface area contributed by atoms with Gasteiger partial charge in [-0.1, -0.05) is 13.8 Å². The topological polar surface area (TPSA) is 72.2 Å². The predicted molar refractivity (Wildman–Crippen MR) is 70.7 cm³/mol. The van der Waals surface area contributed by atoms with E-state index < -0.39 is 22.0 Å². The highest BCUT2D eigenvalue weighted by Gasteiger charge is 2.28. The number of carbonyl (C=O) groups is 1. The zero-order valence-corrected chi connectivity index (χ0v) is 12.0. The van der Waals surface area contributed by atoms with Gasteiger partial charge in [0.1, 0.15) is 5.25 Å². The highest BCUT2D eigenvalue weighted by molar-refractivity contribution is 7.85. The zero-order valence-electron chi connectivity index (χ0n) is 11.2. The molecule has 0 aliphatic rings. The summed E-state index contributed by atoms with van der Waals surface area (Å²) >= 11 is 0. The standard InChI is InChI=1S/C12H20N2O3S/c1-8(2)11(12(15)16)18(17)7-10-5-6-14(13-10)9(3)4/h5-6,8-9,11H,7H2,1-4H3,(H,15,16). The molecule has 1 rings (SSSR count). The van der Waals surface area contributed by atoms with E-state index in [1.165, 1.54) is 0 Å². The Morgan fingerprint density at radius 1 is 1.44 bits per heavy atom. The molecule has 0 bridgehead atoms. The number of carboxylic acid groups (broad SMARTS) is 1. The summed E-state index contributed by atoms with van der Waals surface area (Å²) < 4.78 is 13.8. The second kappa shape index (κ2) is 6.13. The molecule has 0 aliphatic carbocycles. The second-order valence-electron chi connectivity index (χ2n) is 4.91. The number of aliphatic carboxylic acids is 1. The van der Waals surface area contributed by atoms with Gasteiger partial charge >= 0.3 is 5.97 Å². The van der Waals surface area contributed by atoms with Crippen molar-refractivity contribution in [1.82, 2.24) is 9.78 Å². The van der Waals surface area contributed by atoms with Crippen LogP contribution in [0.5, 0.6) is 0 Å². The monoisotopic (exact) mass is 272 g/mol. The molecule has 6 heteroatoms. The lowest BCUT2D eigenvalue weighted by molar-refractivity contribution is -0.137. The van der Waals surface area contributed by atoms with Gasteiger partial charge in [-0.3, -0.25) is 13.7 Å². The number of aromatic nitrogens is 2. The van der Waals surface area contributed by atoms with Crippen molar-refractivity contribution < 1.29 is 14.1 Å². The van der Waals surface area contributed by atoms with E-state index in [1.54, 1.807) is 24.6 Å². The van der Waals surface area contributed by atoms with Crippen LogP contribution in [0, 0.1) is 5.92 Å². The summed E-state index contributed by atoms with van der Waals surface area (Å²) in [7, 11) is -1.44. The van der Waals surface area contributed by atoms with E-state index >= 15 is 0 Å². The van der Waals surface area contributed by atoms with Crippen molar-refractivity contribution in [1.29, 1.82) is 0 Å². The molecular weight excluding hydrogens is 252 g/mol. The summed E-state index contributed by atoms with van der Waals surface area (Å²) in [4.78, 5) is 11.1. The van der Waals surface area contributed by atoms with E-state index in [0.717, 1.165) is 0 Å². The minimum Gasteiger partial charge on any atom is -0.480 e. The Hall–Kier alpha value is -1.17. The van der Waals surface area contributed by atoms with Gasteiger partial charge in [0.15, 0.2) is 0 Å². The van der Waals surface area contributed by atoms with Gasteiger partial charge in [-0.15, -0.1) is 0 Å². The molecule has 2 unspecified atom stereocenters. The smallest absolute Gasteiger partial charge is 0.319 e. The van der Waals surface area contributed by atoms with Crippen LogP contribution < -0.4 is 0 Å². The molecule has 0 aliphatic heterocycles. The van der Waals surface area contributed by atoms with Crippen LogP contribution in [0.15, 0.2) is 12.3 Å². The molecule has 0 saturated carbocycles. The van der Waals surface area contributed by atoms with Crippen molar-refractivity contribution in [2.24, 2.45) is 5.92 Å². The largest absolute Gasteiger partial charge is 0.480 e. The first-order valence-corrected chi connectivity index (χ1v) is 7.35. The number of hydrogen-bond donors (Lipinski definition) is 1. The van der Waals surface area contributed by atoms with Gasteiger partial charge in [0.05, 0.1) is 11.4 Å². The molecule has 2 atom stereocenters. The van der Waals surface area contributed by atoms with E-state index in [4.69, 9.17) is 5.11 Å². The Bertz CT molecular complexity index is 440. The van der Waals surface area contributed by atoms with Crippen molar-refractivity contribution in [3.8, 4) is 0 Å². The minimum atomic E-state index is -1.44. The average Bonchev–Trinajstić information content (AvgIpc) is 2.64. The molecule has 0 fully saturated rings. The van der Waals surface area contributed by atoms with Gasteiger partial charge in [0.2, 0.25) is 0 Å². The molecule has 0 aromatic carbocycles. The number of carboxylic acids is 1. The van der Waals surface area contributed by atoms with Crippen LogP contribution in [0.2, 0.25) is 0 Å². The quantitative estimate of drug-likeness (QED) is 0.857. The Morgan fingerprint density at radius 3 is 2.44 bits per heavy atom. The fourth-order valence-electron chi connectivity index (χ4n) is 1.68. The fourth-order valence-corrected chi connectivity index (χ4v) is 3.14. The number of hydrogen-bond acceptors (Lipinski definition) is 3. The van der Waals surface area contributed by atoms with E-state index in [-0.39, 0.29) is 17.7 Å². The maximum absolute atomic E-state index is 12.1. The van der Waals surface area contributed by atoms with Crippen molar-refractivity contribution in [2.45, 2.75) is 44.7 Å².